The highest BCUT2D eigenvalue weighted by molar-refractivity contribution is 5.89. The predicted octanol–water partition coefficient (Wildman–Crippen LogP) is 2.36. The van der Waals surface area contributed by atoms with Gasteiger partial charge in [0.2, 0.25) is 0 Å². The Morgan fingerprint density at radius 2 is 1.97 bits per heavy atom. The Kier molecular flexibility index (Phi) is 4.66. The van der Waals surface area contributed by atoms with E-state index in [-0.39, 0.29) is 47.3 Å². The second kappa shape index (κ2) is 7.35. The van der Waals surface area contributed by atoms with Gasteiger partial charge in [0.05, 0.1) is 40.7 Å². The van der Waals surface area contributed by atoms with Crippen molar-refractivity contribution in [2.75, 3.05) is 0 Å². The first-order valence-electron chi connectivity index (χ1n) is 11.9. The number of esters is 1. The predicted molar refractivity (Wildman–Crippen MR) is 124 cm³/mol. The van der Waals surface area contributed by atoms with Crippen LogP contribution in [0.5, 0.6) is 0 Å². The van der Waals surface area contributed by atoms with E-state index in [0.717, 1.165) is 18.9 Å². The Balaban J connectivity index is 1.63. The molecular formula is C26H25FN2O6. The van der Waals surface area contributed by atoms with Crippen molar-refractivity contribution in [2.45, 2.75) is 57.5 Å². The van der Waals surface area contributed by atoms with E-state index < -0.39 is 34.5 Å². The van der Waals surface area contributed by atoms with Gasteiger partial charge in [-0.2, -0.15) is 0 Å². The number of carbonyl (C=O) groups excluding carboxylic acids is 1. The van der Waals surface area contributed by atoms with Crippen LogP contribution in [0.1, 0.15) is 61.1 Å². The number of aliphatic hydroxyl groups is 2. The summed E-state index contributed by atoms with van der Waals surface area (Å²) in [6, 6.07) is 3.95. The normalized spacial score (nSPS) is 21.5. The maximum atomic E-state index is 14.7. The zero-order valence-corrected chi connectivity index (χ0v) is 19.4. The van der Waals surface area contributed by atoms with Crippen LogP contribution in [0.2, 0.25) is 0 Å². The fourth-order valence-electron chi connectivity index (χ4n) is 5.65. The van der Waals surface area contributed by atoms with Crippen molar-refractivity contribution in [3.63, 3.8) is 0 Å². The van der Waals surface area contributed by atoms with Crippen LogP contribution in [-0.4, -0.2) is 25.3 Å². The van der Waals surface area contributed by atoms with Crippen LogP contribution in [0.15, 0.2) is 27.8 Å². The van der Waals surface area contributed by atoms with E-state index in [4.69, 9.17) is 4.74 Å². The maximum absolute atomic E-state index is 14.7. The molecule has 1 aliphatic carbocycles. The minimum absolute atomic E-state index is 0.00221. The van der Waals surface area contributed by atoms with E-state index in [1.807, 2.05) is 0 Å². The van der Waals surface area contributed by atoms with E-state index in [2.05, 4.69) is 0 Å². The van der Waals surface area contributed by atoms with E-state index in [1.54, 1.807) is 18.5 Å². The molecule has 0 radical (unpaired) electrons. The SMILES string of the molecule is CC[C@@]1(O)C(=O)OCc2c1cc1n(c2=O)Cc2c-1c(=O)c1cc(F)cc(C(O)CC3CC3)c1n2C. The number of ether oxygens (including phenoxy) is 1. The number of benzene rings is 1. The lowest BCUT2D eigenvalue weighted by Crippen LogP contribution is -2.44. The highest BCUT2D eigenvalue weighted by Crippen LogP contribution is 2.41. The lowest BCUT2D eigenvalue weighted by molar-refractivity contribution is -0.172. The molecule has 0 bridgehead atoms. The molecule has 35 heavy (non-hydrogen) atoms. The molecule has 4 heterocycles. The van der Waals surface area contributed by atoms with Crippen LogP contribution in [-0.2, 0) is 35.3 Å². The van der Waals surface area contributed by atoms with E-state index in [0.29, 0.717) is 29.1 Å². The van der Waals surface area contributed by atoms with Crippen LogP contribution in [0.25, 0.3) is 22.2 Å². The topological polar surface area (TPSA) is 111 Å². The number of aromatic nitrogens is 2. The molecule has 0 saturated heterocycles. The molecule has 3 aliphatic rings. The second-order valence-electron chi connectivity index (χ2n) is 9.90. The van der Waals surface area contributed by atoms with Gasteiger partial charge in [-0.3, -0.25) is 9.59 Å². The van der Waals surface area contributed by atoms with Gasteiger partial charge in [0.1, 0.15) is 12.4 Å². The van der Waals surface area contributed by atoms with Crippen LogP contribution in [0, 0.1) is 11.7 Å². The Hall–Kier alpha value is -3.30. The number of aryl methyl sites for hydroxylation is 1. The van der Waals surface area contributed by atoms with E-state index in [1.165, 1.54) is 16.7 Å². The molecule has 0 amide bonds. The number of halogens is 1. The van der Waals surface area contributed by atoms with Crippen molar-refractivity contribution >= 4 is 16.9 Å². The number of carbonyl (C=O) groups is 1. The first-order valence-corrected chi connectivity index (χ1v) is 11.9. The van der Waals surface area contributed by atoms with Gasteiger partial charge in [0, 0.05) is 23.6 Å². The molecule has 2 N–H and O–H groups in total. The Morgan fingerprint density at radius 1 is 1.23 bits per heavy atom. The fraction of sp³-hybridized carbons (Fsp3) is 0.423. The molecular weight excluding hydrogens is 455 g/mol. The zero-order chi connectivity index (χ0) is 24.8. The number of nitrogens with zero attached hydrogens (tertiary/aromatic N) is 2. The fourth-order valence-corrected chi connectivity index (χ4v) is 5.65. The average molecular weight is 480 g/mol. The molecule has 1 unspecified atom stereocenters. The molecule has 1 fully saturated rings. The number of rotatable bonds is 4. The second-order valence-corrected chi connectivity index (χ2v) is 9.90. The van der Waals surface area contributed by atoms with Gasteiger partial charge in [-0.25, -0.2) is 9.18 Å². The summed E-state index contributed by atoms with van der Waals surface area (Å²) in [6.07, 6.45) is 1.64. The summed E-state index contributed by atoms with van der Waals surface area (Å²) in [4.78, 5) is 39.5. The molecule has 1 saturated carbocycles. The van der Waals surface area contributed by atoms with Crippen LogP contribution in [0.4, 0.5) is 4.39 Å². The highest BCUT2D eigenvalue weighted by atomic mass is 19.1. The number of hydrogen-bond acceptors (Lipinski definition) is 6. The minimum atomic E-state index is -1.99. The lowest BCUT2D eigenvalue weighted by atomic mass is 9.85. The average Bonchev–Trinajstić information content (AvgIpc) is 3.56. The van der Waals surface area contributed by atoms with Gasteiger partial charge < -0.3 is 24.1 Å². The van der Waals surface area contributed by atoms with Crippen LogP contribution < -0.4 is 11.0 Å². The molecule has 3 aromatic rings. The van der Waals surface area contributed by atoms with Crippen molar-refractivity contribution in [3.8, 4) is 11.3 Å². The largest absolute Gasteiger partial charge is 0.458 e. The molecule has 6 rings (SSSR count). The monoisotopic (exact) mass is 480 g/mol. The van der Waals surface area contributed by atoms with Crippen molar-refractivity contribution in [3.05, 3.63) is 67.0 Å². The van der Waals surface area contributed by atoms with Crippen molar-refractivity contribution in [1.82, 2.24) is 9.13 Å². The van der Waals surface area contributed by atoms with Gasteiger partial charge >= 0.3 is 5.97 Å². The van der Waals surface area contributed by atoms with Gasteiger partial charge in [-0.15, -0.1) is 0 Å². The van der Waals surface area contributed by atoms with Gasteiger partial charge in [0.25, 0.3) is 5.56 Å². The van der Waals surface area contributed by atoms with Gasteiger partial charge in [0.15, 0.2) is 11.0 Å². The number of aliphatic hydroxyl groups excluding tert-OH is 1. The summed E-state index contributed by atoms with van der Waals surface area (Å²) in [7, 11) is 1.73. The quantitative estimate of drug-likeness (QED) is 0.434. The summed E-state index contributed by atoms with van der Waals surface area (Å²) in [5, 5.41) is 22.0. The van der Waals surface area contributed by atoms with Gasteiger partial charge in [-0.1, -0.05) is 19.8 Å². The number of cyclic esters (lactones) is 1. The van der Waals surface area contributed by atoms with E-state index in [9.17, 15) is 29.0 Å². The first-order chi connectivity index (χ1) is 16.7. The zero-order valence-electron chi connectivity index (χ0n) is 19.4. The van der Waals surface area contributed by atoms with E-state index >= 15 is 0 Å². The smallest absolute Gasteiger partial charge is 0.343 e. The van der Waals surface area contributed by atoms with Crippen LogP contribution >= 0.6 is 0 Å². The Morgan fingerprint density at radius 3 is 2.66 bits per heavy atom. The first kappa shape index (κ1) is 22.2. The third-order valence-corrected chi connectivity index (χ3v) is 7.82. The molecule has 2 atom stereocenters. The summed E-state index contributed by atoms with van der Waals surface area (Å²) < 4.78 is 22.9. The Bertz CT molecular complexity index is 1570. The lowest BCUT2D eigenvalue weighted by Gasteiger charge is -2.31. The summed E-state index contributed by atoms with van der Waals surface area (Å²) >= 11 is 0. The summed E-state index contributed by atoms with van der Waals surface area (Å²) in [5.74, 6) is -1.06. The molecule has 8 nitrogen and oxygen atoms in total. The third kappa shape index (κ3) is 3.01. The molecule has 0 spiro atoms. The standard InChI is InChI=1S/C26H25FN2O6/c1-3-26(34)17-9-18-21-19(10-29(18)24(32)16(17)11-35-25(26)33)28(2)22-14(20(30)6-12-4-5-12)7-13(27)8-15(22)23(21)31/h7-9,12,20,30,34H,3-6,10-11H2,1-2H3/t20?,26-/m0/s1. The number of hydrogen-bond donors (Lipinski definition) is 2. The Labute approximate surface area is 199 Å². The van der Waals surface area contributed by atoms with Crippen LogP contribution in [0.3, 0.4) is 0 Å². The molecule has 1 aromatic carbocycles. The molecule has 2 aromatic heterocycles. The summed E-state index contributed by atoms with van der Waals surface area (Å²) in [6.45, 7) is 1.44. The molecule has 182 valence electrons. The summed E-state index contributed by atoms with van der Waals surface area (Å²) in [5.41, 5.74) is -0.733. The maximum Gasteiger partial charge on any atom is 0.343 e. The molecule has 9 heteroatoms. The van der Waals surface area contributed by atoms with Gasteiger partial charge in [-0.05, 0) is 37.0 Å². The highest BCUT2D eigenvalue weighted by Gasteiger charge is 2.45. The molecule has 2 aliphatic heterocycles. The van der Waals surface area contributed by atoms with Crippen molar-refractivity contribution in [2.24, 2.45) is 13.0 Å². The number of fused-ring (bicyclic) bond motifs is 5. The van der Waals surface area contributed by atoms with Crippen molar-refractivity contribution < 1.29 is 24.1 Å². The minimum Gasteiger partial charge on any atom is -0.458 e. The number of pyridine rings is 2. The van der Waals surface area contributed by atoms with Crippen molar-refractivity contribution in [1.29, 1.82) is 0 Å². The third-order valence-electron chi connectivity index (χ3n) is 7.82.